The molecule has 2 atom stereocenters. The minimum absolute atomic E-state index is 0.365. The quantitative estimate of drug-likeness (QED) is 0.736. The summed E-state index contributed by atoms with van der Waals surface area (Å²) in [4.78, 5) is 5.50. The third-order valence-corrected chi connectivity index (χ3v) is 4.99. The van der Waals surface area contributed by atoms with Crippen LogP contribution in [0.4, 0.5) is 0 Å². The third-order valence-electron chi connectivity index (χ3n) is 4.99. The molecule has 2 aliphatic rings. The number of piperazine rings is 1. The summed E-state index contributed by atoms with van der Waals surface area (Å²) in [5.74, 6) is 0. The van der Waals surface area contributed by atoms with E-state index in [1.54, 1.807) is 0 Å². The Kier molecular flexibility index (Phi) is 5.27. The van der Waals surface area contributed by atoms with Crippen molar-refractivity contribution >= 4 is 0 Å². The highest BCUT2D eigenvalue weighted by Crippen LogP contribution is 2.30. The van der Waals surface area contributed by atoms with Crippen molar-refractivity contribution in [2.24, 2.45) is 5.41 Å². The van der Waals surface area contributed by atoms with E-state index in [-0.39, 0.29) is 0 Å². The van der Waals surface area contributed by atoms with E-state index in [4.69, 9.17) is 4.74 Å². The van der Waals surface area contributed by atoms with Gasteiger partial charge >= 0.3 is 0 Å². The van der Waals surface area contributed by atoms with Gasteiger partial charge in [-0.15, -0.1) is 0 Å². The van der Waals surface area contributed by atoms with Crippen molar-refractivity contribution in [2.45, 2.75) is 58.5 Å². The molecule has 19 heavy (non-hydrogen) atoms. The van der Waals surface area contributed by atoms with Gasteiger partial charge in [-0.1, -0.05) is 20.8 Å². The van der Waals surface area contributed by atoms with Gasteiger partial charge in [0.25, 0.3) is 0 Å². The van der Waals surface area contributed by atoms with Crippen LogP contribution in [-0.2, 0) is 4.74 Å². The van der Waals surface area contributed by atoms with Gasteiger partial charge in [0, 0.05) is 45.4 Å². The zero-order valence-corrected chi connectivity index (χ0v) is 13.3. The fourth-order valence-electron chi connectivity index (χ4n) is 3.74. The highest BCUT2D eigenvalue weighted by Gasteiger charge is 2.37. The van der Waals surface area contributed by atoms with Crippen LogP contribution in [0.1, 0.15) is 46.5 Å². The third kappa shape index (κ3) is 3.93. The summed E-state index contributed by atoms with van der Waals surface area (Å²) < 4.78 is 5.26. The van der Waals surface area contributed by atoms with Crippen molar-refractivity contribution in [3.05, 3.63) is 0 Å². The molecule has 3 heteroatoms. The normalized spacial score (nSPS) is 29.7. The van der Waals surface area contributed by atoms with E-state index in [1.165, 1.54) is 45.4 Å². The van der Waals surface area contributed by atoms with E-state index in [0.29, 0.717) is 5.41 Å². The van der Waals surface area contributed by atoms with Gasteiger partial charge in [-0.3, -0.25) is 9.80 Å². The Labute approximate surface area is 119 Å². The first-order valence-corrected chi connectivity index (χ1v) is 8.03. The summed E-state index contributed by atoms with van der Waals surface area (Å²) in [6, 6.07) is 1.59. The molecule has 0 N–H and O–H groups in total. The van der Waals surface area contributed by atoms with Crippen LogP contribution < -0.4 is 0 Å². The molecule has 0 aromatic heterocycles. The maximum atomic E-state index is 5.26. The van der Waals surface area contributed by atoms with Crippen LogP contribution in [0.3, 0.4) is 0 Å². The second-order valence-electron chi connectivity index (χ2n) is 7.19. The second kappa shape index (κ2) is 6.55. The maximum absolute atomic E-state index is 5.26. The highest BCUT2D eigenvalue weighted by atomic mass is 16.5. The summed E-state index contributed by atoms with van der Waals surface area (Å²) in [6.45, 7) is 13.1. The van der Waals surface area contributed by atoms with Crippen LogP contribution in [0.5, 0.6) is 0 Å². The van der Waals surface area contributed by atoms with E-state index < -0.39 is 0 Å². The first kappa shape index (κ1) is 15.3. The van der Waals surface area contributed by atoms with Gasteiger partial charge in [0.05, 0.1) is 0 Å². The van der Waals surface area contributed by atoms with Crippen molar-refractivity contribution < 1.29 is 4.74 Å². The molecule has 2 unspecified atom stereocenters. The van der Waals surface area contributed by atoms with Gasteiger partial charge in [-0.2, -0.15) is 0 Å². The Morgan fingerprint density at radius 2 is 2.05 bits per heavy atom. The molecule has 0 radical (unpaired) electrons. The van der Waals surface area contributed by atoms with Crippen molar-refractivity contribution in [1.82, 2.24) is 9.80 Å². The standard InChI is InChI=1S/C16H32N2O/c1-5-14-11-17-9-6-7-15(17)12-18(14)13-16(2,3)8-10-19-4/h14-15H,5-13H2,1-4H3. The average molecular weight is 268 g/mol. The highest BCUT2D eigenvalue weighted by molar-refractivity contribution is 4.93. The second-order valence-corrected chi connectivity index (χ2v) is 7.19. The maximum Gasteiger partial charge on any atom is 0.0467 e. The Hall–Kier alpha value is -0.120. The molecular formula is C16H32N2O. The summed E-state index contributed by atoms with van der Waals surface area (Å²) in [5, 5.41) is 0. The van der Waals surface area contributed by atoms with Crippen LogP contribution in [-0.4, -0.2) is 61.8 Å². The molecule has 2 aliphatic heterocycles. The lowest BCUT2D eigenvalue weighted by molar-refractivity contribution is 0.0171. The zero-order chi connectivity index (χ0) is 13.9. The predicted molar refractivity (Wildman–Crippen MR) is 80.5 cm³/mol. The van der Waals surface area contributed by atoms with E-state index in [0.717, 1.165) is 25.1 Å². The van der Waals surface area contributed by atoms with Crippen molar-refractivity contribution in [1.29, 1.82) is 0 Å². The summed E-state index contributed by atoms with van der Waals surface area (Å²) in [6.07, 6.45) is 5.25. The summed E-state index contributed by atoms with van der Waals surface area (Å²) in [5.41, 5.74) is 0.365. The predicted octanol–water partition coefficient (Wildman–Crippen LogP) is 2.61. The van der Waals surface area contributed by atoms with Gasteiger partial charge in [0.1, 0.15) is 0 Å². The number of ether oxygens (including phenoxy) is 1. The molecule has 2 fully saturated rings. The van der Waals surface area contributed by atoms with E-state index in [2.05, 4.69) is 30.6 Å². The minimum Gasteiger partial charge on any atom is -0.385 e. The monoisotopic (exact) mass is 268 g/mol. The van der Waals surface area contributed by atoms with Gasteiger partial charge in [0.15, 0.2) is 0 Å². The average Bonchev–Trinajstić information content (AvgIpc) is 2.82. The fourth-order valence-corrected chi connectivity index (χ4v) is 3.74. The lowest BCUT2D eigenvalue weighted by Gasteiger charge is -2.46. The lowest BCUT2D eigenvalue weighted by atomic mass is 9.87. The molecule has 0 amide bonds. The molecule has 0 spiro atoms. The van der Waals surface area contributed by atoms with Gasteiger partial charge in [0.2, 0.25) is 0 Å². The Morgan fingerprint density at radius 3 is 2.74 bits per heavy atom. The molecule has 0 aromatic carbocycles. The number of methoxy groups -OCH3 is 1. The van der Waals surface area contributed by atoms with Gasteiger partial charge in [-0.05, 0) is 37.6 Å². The first-order valence-electron chi connectivity index (χ1n) is 8.03. The molecular weight excluding hydrogens is 236 g/mol. The van der Waals surface area contributed by atoms with Crippen LogP contribution >= 0.6 is 0 Å². The van der Waals surface area contributed by atoms with Gasteiger partial charge in [-0.25, -0.2) is 0 Å². The van der Waals surface area contributed by atoms with E-state index >= 15 is 0 Å². The Morgan fingerprint density at radius 1 is 1.26 bits per heavy atom. The lowest BCUT2D eigenvalue weighted by Crippen LogP contribution is -2.57. The van der Waals surface area contributed by atoms with Crippen molar-refractivity contribution in [3.8, 4) is 0 Å². The first-order chi connectivity index (χ1) is 9.05. The molecule has 2 saturated heterocycles. The van der Waals surface area contributed by atoms with Crippen LogP contribution in [0.15, 0.2) is 0 Å². The molecule has 2 heterocycles. The smallest absolute Gasteiger partial charge is 0.0467 e. The number of fused-ring (bicyclic) bond motifs is 1. The van der Waals surface area contributed by atoms with E-state index in [9.17, 15) is 0 Å². The molecule has 0 saturated carbocycles. The number of hydrogen-bond acceptors (Lipinski definition) is 3. The van der Waals surface area contributed by atoms with E-state index in [1.807, 2.05) is 7.11 Å². The molecule has 0 aromatic rings. The number of rotatable bonds is 6. The topological polar surface area (TPSA) is 15.7 Å². The Balaban J connectivity index is 1.93. The fraction of sp³-hybridized carbons (Fsp3) is 1.00. The minimum atomic E-state index is 0.365. The number of nitrogens with zero attached hydrogens (tertiary/aromatic N) is 2. The molecule has 2 rings (SSSR count). The molecule has 0 aliphatic carbocycles. The molecule has 3 nitrogen and oxygen atoms in total. The Bertz CT molecular complexity index is 280. The largest absolute Gasteiger partial charge is 0.385 e. The van der Waals surface area contributed by atoms with Crippen LogP contribution in [0.2, 0.25) is 0 Å². The van der Waals surface area contributed by atoms with Gasteiger partial charge < -0.3 is 4.74 Å². The summed E-state index contributed by atoms with van der Waals surface area (Å²) in [7, 11) is 1.81. The number of hydrogen-bond donors (Lipinski definition) is 0. The van der Waals surface area contributed by atoms with Crippen LogP contribution in [0.25, 0.3) is 0 Å². The SMILES string of the molecule is CCC1CN2CCCC2CN1CC(C)(C)CCOC. The zero-order valence-electron chi connectivity index (χ0n) is 13.3. The van der Waals surface area contributed by atoms with Crippen molar-refractivity contribution in [3.63, 3.8) is 0 Å². The molecule has 0 bridgehead atoms. The summed E-state index contributed by atoms with van der Waals surface area (Å²) >= 11 is 0. The van der Waals surface area contributed by atoms with Crippen molar-refractivity contribution in [2.75, 3.05) is 39.9 Å². The molecule has 112 valence electrons. The van der Waals surface area contributed by atoms with Crippen LogP contribution in [0, 0.1) is 5.41 Å².